The highest BCUT2D eigenvalue weighted by atomic mass is 16.4. The molecule has 0 amide bonds. The lowest BCUT2D eigenvalue weighted by atomic mass is 10.1. The Kier molecular flexibility index (Phi) is 4.18. The zero-order chi connectivity index (χ0) is 21.1. The van der Waals surface area contributed by atoms with E-state index in [0.29, 0.717) is 28.9 Å². The van der Waals surface area contributed by atoms with Crippen LogP contribution >= 0.6 is 0 Å². The van der Waals surface area contributed by atoms with Gasteiger partial charge in [-0.15, -0.1) is 0 Å². The van der Waals surface area contributed by atoms with E-state index in [4.69, 9.17) is 4.42 Å². The van der Waals surface area contributed by atoms with E-state index in [1.165, 1.54) is 19.4 Å². The first-order valence-electron chi connectivity index (χ1n) is 11.1. The average molecular weight is 415 g/mol. The van der Waals surface area contributed by atoms with Crippen LogP contribution in [0.1, 0.15) is 25.3 Å². The number of hydrogen-bond donors (Lipinski definition) is 0. The van der Waals surface area contributed by atoms with Crippen LogP contribution < -0.4 is 10.5 Å². The minimum atomic E-state index is -0.347. The van der Waals surface area contributed by atoms with Crippen molar-refractivity contribution in [2.24, 2.45) is 0 Å². The summed E-state index contributed by atoms with van der Waals surface area (Å²) in [5.74, 6) is 0. The molecule has 6 heteroatoms. The highest BCUT2D eigenvalue weighted by Gasteiger charge is 2.44. The lowest BCUT2D eigenvalue weighted by Gasteiger charge is -2.35. The molecule has 4 aromatic rings. The molecule has 0 aliphatic carbocycles. The van der Waals surface area contributed by atoms with Gasteiger partial charge in [-0.05, 0) is 49.2 Å². The van der Waals surface area contributed by atoms with Gasteiger partial charge in [0.2, 0.25) is 0 Å². The molecule has 31 heavy (non-hydrogen) atoms. The lowest BCUT2D eigenvalue weighted by molar-refractivity contribution is 0.316. The quantitative estimate of drug-likeness (QED) is 0.372. The molecule has 0 saturated carbocycles. The minimum absolute atomic E-state index is 0.347. The van der Waals surface area contributed by atoms with Gasteiger partial charge in [0.05, 0.1) is 11.3 Å². The molecule has 2 saturated heterocycles. The summed E-state index contributed by atoms with van der Waals surface area (Å²) in [7, 11) is 0. The summed E-state index contributed by atoms with van der Waals surface area (Å²) in [6.07, 6.45) is 6.28. The molecule has 0 radical (unpaired) electrons. The van der Waals surface area contributed by atoms with Crippen molar-refractivity contribution in [3.8, 4) is 11.3 Å². The molecule has 1 unspecified atom stereocenters. The van der Waals surface area contributed by atoms with Gasteiger partial charge in [-0.25, -0.2) is 9.78 Å². The number of rotatable bonds is 4. The fraction of sp³-hybridized carbons (Fsp3) is 0.360. The fourth-order valence-electron chi connectivity index (χ4n) is 4.98. The highest BCUT2D eigenvalue weighted by molar-refractivity contribution is 5.84. The summed E-state index contributed by atoms with van der Waals surface area (Å²) in [6.45, 7) is 7.59. The van der Waals surface area contributed by atoms with Crippen LogP contribution in [0.15, 0.2) is 58.0 Å². The second-order valence-electron chi connectivity index (χ2n) is 8.96. The Morgan fingerprint density at radius 1 is 1.13 bits per heavy atom. The molecule has 158 valence electrons. The number of fused-ring (bicyclic) bond motifs is 3. The van der Waals surface area contributed by atoms with E-state index < -0.39 is 0 Å². The Balaban J connectivity index is 1.35. The number of piperazine rings is 1. The van der Waals surface area contributed by atoms with E-state index in [0.717, 1.165) is 35.4 Å². The maximum atomic E-state index is 12.8. The number of aryl methyl sites for hydroxylation is 1. The van der Waals surface area contributed by atoms with Crippen molar-refractivity contribution >= 4 is 22.3 Å². The van der Waals surface area contributed by atoms with Crippen LogP contribution in [0.2, 0.25) is 0 Å². The van der Waals surface area contributed by atoms with Crippen molar-refractivity contribution in [2.45, 2.75) is 38.8 Å². The third-order valence-corrected chi connectivity index (χ3v) is 6.69. The van der Waals surface area contributed by atoms with Gasteiger partial charge in [-0.2, -0.15) is 0 Å². The fourth-order valence-corrected chi connectivity index (χ4v) is 4.98. The van der Waals surface area contributed by atoms with Crippen LogP contribution in [-0.4, -0.2) is 46.0 Å². The van der Waals surface area contributed by atoms with Gasteiger partial charge in [-0.3, -0.25) is 4.90 Å². The largest absolute Gasteiger partial charge is 0.422 e. The molecule has 5 heterocycles. The third kappa shape index (κ3) is 3.22. The van der Waals surface area contributed by atoms with Crippen molar-refractivity contribution in [2.75, 3.05) is 24.5 Å². The molecule has 6 rings (SSSR count). The first-order valence-corrected chi connectivity index (χ1v) is 11.1. The van der Waals surface area contributed by atoms with Gasteiger partial charge in [0, 0.05) is 61.3 Å². The number of pyridine rings is 1. The third-order valence-electron chi connectivity index (χ3n) is 6.69. The molecule has 0 bridgehead atoms. The Bertz CT molecular complexity index is 1350. The zero-order valence-electron chi connectivity index (χ0n) is 17.9. The summed E-state index contributed by atoms with van der Waals surface area (Å²) in [4.78, 5) is 22.5. The Hall–Kier alpha value is -3.12. The monoisotopic (exact) mass is 414 g/mol. The molecular formula is C25H26N4O2. The van der Waals surface area contributed by atoms with Crippen LogP contribution in [0, 0.1) is 6.92 Å². The Morgan fingerprint density at radius 3 is 2.90 bits per heavy atom. The van der Waals surface area contributed by atoms with Crippen molar-refractivity contribution in [1.29, 1.82) is 0 Å². The van der Waals surface area contributed by atoms with Crippen molar-refractivity contribution in [3.05, 3.63) is 64.8 Å². The van der Waals surface area contributed by atoms with Crippen LogP contribution in [0.3, 0.4) is 0 Å². The van der Waals surface area contributed by atoms with E-state index in [1.54, 1.807) is 0 Å². The normalized spacial score (nSPS) is 22.8. The molecule has 6 nitrogen and oxygen atoms in total. The van der Waals surface area contributed by atoms with Crippen LogP contribution in [0.5, 0.6) is 0 Å². The number of anilines is 1. The van der Waals surface area contributed by atoms with E-state index in [2.05, 4.69) is 33.8 Å². The number of benzene rings is 1. The molecule has 2 fully saturated rings. The second-order valence-corrected chi connectivity index (χ2v) is 8.96. The number of imidazole rings is 1. The zero-order valence-corrected chi connectivity index (χ0v) is 17.9. The predicted molar refractivity (Wildman–Crippen MR) is 123 cm³/mol. The van der Waals surface area contributed by atoms with Crippen molar-refractivity contribution in [3.63, 3.8) is 0 Å². The summed E-state index contributed by atoms with van der Waals surface area (Å²) in [6, 6.07) is 13.5. The lowest BCUT2D eigenvalue weighted by Crippen LogP contribution is -2.45. The molecule has 2 aliphatic heterocycles. The first kappa shape index (κ1) is 18.6. The average Bonchev–Trinajstić information content (AvgIpc) is 3.43. The van der Waals surface area contributed by atoms with E-state index in [1.807, 2.05) is 48.0 Å². The molecule has 3 aromatic heterocycles. The van der Waals surface area contributed by atoms with Crippen molar-refractivity contribution < 1.29 is 4.42 Å². The summed E-state index contributed by atoms with van der Waals surface area (Å²) < 4.78 is 7.70. The van der Waals surface area contributed by atoms with Gasteiger partial charge in [-0.1, -0.05) is 13.3 Å². The number of hydrogen-bond acceptors (Lipinski definition) is 5. The minimum Gasteiger partial charge on any atom is -0.422 e. The summed E-state index contributed by atoms with van der Waals surface area (Å²) >= 11 is 0. The van der Waals surface area contributed by atoms with Crippen molar-refractivity contribution in [1.82, 2.24) is 14.3 Å². The molecular weight excluding hydrogens is 388 g/mol. The standard InChI is InChI=1S/C25H26N4O2/c1-3-4-19-12-28(13-20-14-29(19)20)18-6-5-17-10-21(25(30)31-23(17)11-18)22-15-27-8-7-16(2)9-24(27)26-22/h5-11,15,19-20H,3-4,12-14H2,1-2H3/t19-,20+,29?/m1/s1. The van der Waals surface area contributed by atoms with E-state index >= 15 is 0 Å². The smallest absolute Gasteiger partial charge is 0.345 e. The first-order chi connectivity index (χ1) is 15.1. The Morgan fingerprint density at radius 2 is 2.03 bits per heavy atom. The van der Waals surface area contributed by atoms with E-state index in [-0.39, 0.29) is 5.63 Å². The number of aromatic nitrogens is 2. The topological polar surface area (TPSA) is 53.8 Å². The van der Waals surface area contributed by atoms with Gasteiger partial charge < -0.3 is 13.7 Å². The molecule has 0 N–H and O–H groups in total. The second kappa shape index (κ2) is 6.95. The molecule has 3 atom stereocenters. The van der Waals surface area contributed by atoms with Gasteiger partial charge >= 0.3 is 5.63 Å². The molecule has 1 aromatic carbocycles. The van der Waals surface area contributed by atoms with Gasteiger partial charge in [0.1, 0.15) is 11.2 Å². The summed E-state index contributed by atoms with van der Waals surface area (Å²) in [5, 5.41) is 0.918. The van der Waals surface area contributed by atoms with Gasteiger partial charge in [0.25, 0.3) is 0 Å². The van der Waals surface area contributed by atoms with Crippen LogP contribution in [0.4, 0.5) is 5.69 Å². The van der Waals surface area contributed by atoms with Gasteiger partial charge in [0.15, 0.2) is 0 Å². The highest BCUT2D eigenvalue weighted by Crippen LogP contribution is 2.34. The number of nitrogens with zero attached hydrogens (tertiary/aromatic N) is 4. The SMILES string of the molecule is CCC[C@@H]1CN(c2ccc3cc(-c4cn5ccc(C)cc5n4)c(=O)oc3c2)C[C@H]2CN12. The predicted octanol–water partition coefficient (Wildman–Crippen LogP) is 4.09. The molecule has 0 spiro atoms. The maximum Gasteiger partial charge on any atom is 0.345 e. The molecule has 2 aliphatic rings. The van der Waals surface area contributed by atoms with E-state index in [9.17, 15) is 4.79 Å². The van der Waals surface area contributed by atoms with Crippen LogP contribution in [0.25, 0.3) is 27.9 Å². The van der Waals surface area contributed by atoms with Crippen LogP contribution in [-0.2, 0) is 0 Å². The summed E-state index contributed by atoms with van der Waals surface area (Å²) in [5.41, 5.74) is 4.52. The maximum absolute atomic E-state index is 12.8. The Labute approximate surface area is 180 Å².